The smallest absolute Gasteiger partial charge is 0.275 e. The van der Waals surface area contributed by atoms with Crippen molar-refractivity contribution in [2.75, 3.05) is 7.05 Å². The maximum Gasteiger partial charge on any atom is 0.275 e. The van der Waals surface area contributed by atoms with Crippen molar-refractivity contribution in [3.8, 4) is 0 Å². The summed E-state index contributed by atoms with van der Waals surface area (Å²) in [6.07, 6.45) is 0. The molecule has 0 saturated carbocycles. The molecule has 0 unspecified atom stereocenters. The molecule has 0 saturated heterocycles. The predicted octanol–water partition coefficient (Wildman–Crippen LogP) is 3.61. The maximum absolute atomic E-state index is 11.4. The second kappa shape index (κ2) is 6.37. The quantitative estimate of drug-likeness (QED) is 0.506. The van der Waals surface area contributed by atoms with E-state index < -0.39 is 5.91 Å². The molecule has 1 rings (SSSR count). The van der Waals surface area contributed by atoms with Crippen molar-refractivity contribution in [2.24, 2.45) is 10.2 Å². The minimum Gasteiger partial charge on any atom is -0.510 e. The lowest BCUT2D eigenvalue weighted by Crippen LogP contribution is -2.20. The first kappa shape index (κ1) is 14.5. The minimum absolute atomic E-state index is 0.163. The molecule has 0 atom stereocenters. The molecule has 0 aromatic heterocycles. The largest absolute Gasteiger partial charge is 0.510 e. The van der Waals surface area contributed by atoms with E-state index in [0.717, 1.165) is 0 Å². The number of carbonyl (C=O) groups is 1. The van der Waals surface area contributed by atoms with Crippen LogP contribution in [0.5, 0.6) is 0 Å². The zero-order valence-corrected chi connectivity index (χ0v) is 11.2. The molecule has 1 amide bonds. The van der Waals surface area contributed by atoms with Crippen LogP contribution in [0.15, 0.2) is 39.9 Å². The van der Waals surface area contributed by atoms with Gasteiger partial charge >= 0.3 is 0 Å². The van der Waals surface area contributed by atoms with E-state index in [1.807, 2.05) is 0 Å². The van der Waals surface area contributed by atoms with Gasteiger partial charge in [-0.2, -0.15) is 5.11 Å². The Kier molecular flexibility index (Phi) is 5.12. The lowest BCUT2D eigenvalue weighted by atomic mass is 10.3. The summed E-state index contributed by atoms with van der Waals surface area (Å²) < 4.78 is 0. The minimum atomic E-state index is -0.529. The van der Waals surface area contributed by atoms with E-state index in [1.165, 1.54) is 20.0 Å². The molecule has 0 aliphatic rings. The van der Waals surface area contributed by atoms with Crippen LogP contribution >= 0.6 is 23.2 Å². The SMILES string of the molecule is CNC(=O)C(N=Nc1ccc(Cl)c(Cl)c1)=C(C)O. The van der Waals surface area contributed by atoms with E-state index in [-0.39, 0.29) is 11.5 Å². The van der Waals surface area contributed by atoms with Gasteiger partial charge in [-0.3, -0.25) is 4.79 Å². The number of benzene rings is 1. The highest BCUT2D eigenvalue weighted by molar-refractivity contribution is 6.42. The molecule has 1 aromatic rings. The van der Waals surface area contributed by atoms with Gasteiger partial charge in [0.05, 0.1) is 15.7 Å². The van der Waals surface area contributed by atoms with Crippen LogP contribution in [0.2, 0.25) is 10.0 Å². The number of halogens is 2. The summed E-state index contributed by atoms with van der Waals surface area (Å²) in [5.74, 6) is -0.753. The number of likely N-dealkylation sites (N-methyl/N-ethyl adjacent to an activating group) is 1. The summed E-state index contributed by atoms with van der Waals surface area (Å²) in [5, 5.41) is 19.9. The molecule has 0 aliphatic carbocycles. The van der Waals surface area contributed by atoms with Crippen molar-refractivity contribution in [2.45, 2.75) is 6.92 Å². The van der Waals surface area contributed by atoms with Crippen LogP contribution in [0, 0.1) is 0 Å². The Morgan fingerprint density at radius 1 is 1.33 bits per heavy atom. The van der Waals surface area contributed by atoms with Gasteiger partial charge in [-0.15, -0.1) is 5.11 Å². The molecule has 0 fully saturated rings. The van der Waals surface area contributed by atoms with E-state index >= 15 is 0 Å². The topological polar surface area (TPSA) is 74.0 Å². The summed E-state index contributed by atoms with van der Waals surface area (Å²) >= 11 is 11.6. The van der Waals surface area contributed by atoms with Gasteiger partial charge in [0.2, 0.25) is 0 Å². The second-order valence-corrected chi connectivity index (χ2v) is 4.13. The van der Waals surface area contributed by atoms with E-state index in [0.29, 0.717) is 15.7 Å². The van der Waals surface area contributed by atoms with Crippen LogP contribution in [0.25, 0.3) is 0 Å². The van der Waals surface area contributed by atoms with Gasteiger partial charge in [-0.25, -0.2) is 0 Å². The van der Waals surface area contributed by atoms with E-state index in [9.17, 15) is 9.90 Å². The second-order valence-electron chi connectivity index (χ2n) is 3.31. The number of amides is 1. The number of aliphatic hydroxyl groups excluding tert-OH is 1. The van der Waals surface area contributed by atoms with Crippen LogP contribution in [-0.2, 0) is 4.79 Å². The highest BCUT2D eigenvalue weighted by atomic mass is 35.5. The van der Waals surface area contributed by atoms with E-state index in [4.69, 9.17) is 23.2 Å². The first-order valence-electron chi connectivity index (χ1n) is 4.94. The van der Waals surface area contributed by atoms with Crippen molar-refractivity contribution in [1.82, 2.24) is 5.32 Å². The highest BCUT2D eigenvalue weighted by Gasteiger charge is 2.10. The van der Waals surface area contributed by atoms with Crippen LogP contribution in [0.1, 0.15) is 6.92 Å². The molecule has 7 heteroatoms. The number of hydrogen-bond donors (Lipinski definition) is 2. The normalized spacial score (nSPS) is 12.4. The van der Waals surface area contributed by atoms with Crippen LogP contribution < -0.4 is 5.32 Å². The number of nitrogens with one attached hydrogen (secondary N) is 1. The van der Waals surface area contributed by atoms with Gasteiger partial charge in [0.15, 0.2) is 5.70 Å². The van der Waals surface area contributed by atoms with E-state index in [1.54, 1.807) is 12.1 Å². The Morgan fingerprint density at radius 2 is 2.00 bits per heavy atom. The van der Waals surface area contributed by atoms with Gasteiger partial charge in [0.1, 0.15) is 5.76 Å². The first-order chi connectivity index (χ1) is 8.45. The third-order valence-corrected chi connectivity index (χ3v) is 2.69. The van der Waals surface area contributed by atoms with E-state index in [2.05, 4.69) is 15.5 Å². The molecular weight excluding hydrogens is 277 g/mol. The zero-order chi connectivity index (χ0) is 13.7. The Labute approximate surface area is 114 Å². The van der Waals surface area contributed by atoms with Gasteiger partial charge in [-0.05, 0) is 25.1 Å². The lowest BCUT2D eigenvalue weighted by molar-refractivity contribution is -0.117. The fourth-order valence-electron chi connectivity index (χ4n) is 1.06. The van der Waals surface area contributed by atoms with Crippen LogP contribution in [0.4, 0.5) is 5.69 Å². The molecule has 0 bridgehead atoms. The fourth-order valence-corrected chi connectivity index (χ4v) is 1.35. The number of allylic oxidation sites excluding steroid dienone is 1. The Morgan fingerprint density at radius 3 is 2.50 bits per heavy atom. The molecule has 5 nitrogen and oxygen atoms in total. The monoisotopic (exact) mass is 287 g/mol. The third-order valence-electron chi connectivity index (χ3n) is 1.95. The van der Waals surface area contributed by atoms with Gasteiger partial charge < -0.3 is 10.4 Å². The number of hydrogen-bond acceptors (Lipinski definition) is 4. The number of aliphatic hydroxyl groups is 1. The predicted molar refractivity (Wildman–Crippen MR) is 70.4 cm³/mol. The van der Waals surface area contributed by atoms with Crippen molar-refractivity contribution >= 4 is 34.8 Å². The molecule has 0 spiro atoms. The molecule has 0 aliphatic heterocycles. The Balaban J connectivity index is 3.01. The van der Waals surface area contributed by atoms with Gasteiger partial charge in [0, 0.05) is 7.05 Å². The third kappa shape index (κ3) is 3.72. The van der Waals surface area contributed by atoms with Crippen molar-refractivity contribution in [1.29, 1.82) is 0 Å². The standard InChI is InChI=1S/C11H11Cl2N3O2/c1-6(17)10(11(18)14-2)16-15-7-3-4-8(12)9(13)5-7/h3-5,17H,1-2H3,(H,14,18). The van der Waals surface area contributed by atoms with Gasteiger partial charge in [-0.1, -0.05) is 23.2 Å². The molecule has 1 aromatic carbocycles. The summed E-state index contributed by atoms with van der Waals surface area (Å²) in [4.78, 5) is 11.4. The van der Waals surface area contributed by atoms with Crippen molar-refractivity contribution in [3.05, 3.63) is 39.7 Å². The summed E-state index contributed by atoms with van der Waals surface area (Å²) in [7, 11) is 1.43. The maximum atomic E-state index is 11.4. The average Bonchev–Trinajstić information content (AvgIpc) is 2.33. The van der Waals surface area contributed by atoms with Crippen LogP contribution in [-0.4, -0.2) is 18.1 Å². The summed E-state index contributed by atoms with van der Waals surface area (Å²) in [5.41, 5.74) is 0.260. The Bertz CT molecular complexity index is 523. The molecule has 18 heavy (non-hydrogen) atoms. The molecule has 0 radical (unpaired) electrons. The number of azo groups is 1. The number of rotatable bonds is 3. The number of nitrogens with zero attached hydrogens (tertiary/aromatic N) is 2. The molecule has 2 N–H and O–H groups in total. The molecule has 0 heterocycles. The number of carbonyl (C=O) groups excluding carboxylic acids is 1. The van der Waals surface area contributed by atoms with Gasteiger partial charge in [0.25, 0.3) is 5.91 Å². The summed E-state index contributed by atoms with van der Waals surface area (Å²) in [6.45, 7) is 1.35. The lowest BCUT2D eigenvalue weighted by Gasteiger charge is -2.00. The zero-order valence-electron chi connectivity index (χ0n) is 9.74. The van der Waals surface area contributed by atoms with Crippen molar-refractivity contribution in [3.63, 3.8) is 0 Å². The first-order valence-corrected chi connectivity index (χ1v) is 5.70. The Hall–Kier alpha value is -1.59. The van der Waals surface area contributed by atoms with Crippen LogP contribution in [0.3, 0.4) is 0 Å². The highest BCUT2D eigenvalue weighted by Crippen LogP contribution is 2.27. The average molecular weight is 288 g/mol. The molecular formula is C11H11Cl2N3O2. The summed E-state index contributed by atoms with van der Waals surface area (Å²) in [6, 6.07) is 4.65. The fraction of sp³-hybridized carbons (Fsp3) is 0.182. The molecule has 96 valence electrons. The van der Waals surface area contributed by atoms with Crippen molar-refractivity contribution < 1.29 is 9.90 Å².